The third-order valence-corrected chi connectivity index (χ3v) is 3.78. The molecule has 1 aliphatic rings. The van der Waals surface area contributed by atoms with Gasteiger partial charge in [0, 0.05) is 5.75 Å². The molecule has 0 spiro atoms. The zero-order valence-corrected chi connectivity index (χ0v) is 8.53. The predicted molar refractivity (Wildman–Crippen MR) is 53.7 cm³/mol. The van der Waals surface area contributed by atoms with Crippen LogP contribution in [0.25, 0.3) is 0 Å². The summed E-state index contributed by atoms with van der Waals surface area (Å²) in [5.74, 6) is 3.88. The van der Waals surface area contributed by atoms with Gasteiger partial charge in [0.2, 0.25) is 0 Å². The molecule has 0 N–H and O–H groups in total. The van der Waals surface area contributed by atoms with Crippen molar-refractivity contribution in [2.24, 2.45) is 17.8 Å². The Morgan fingerprint density at radius 3 is 2.91 bits per heavy atom. The molecule has 0 amide bonds. The predicted octanol–water partition coefficient (Wildman–Crippen LogP) is 3.55. The molecule has 0 saturated heterocycles. The third-order valence-electron chi connectivity index (χ3n) is 2.71. The topological polar surface area (TPSA) is 0 Å². The second-order valence-electron chi connectivity index (χ2n) is 3.60. The Bertz CT molecular complexity index is 140. The summed E-state index contributed by atoms with van der Waals surface area (Å²) in [7, 11) is 0. The summed E-state index contributed by atoms with van der Waals surface area (Å²) in [6.07, 6.45) is 3.71. The van der Waals surface area contributed by atoms with Crippen molar-refractivity contribution in [3.05, 3.63) is 11.5 Å². The standard InChI is InChI=1S/C10H18S/c1-4-8(2)10-5-6-11-7-9(10)3/h5-6,8-10H,4,7H2,1-3H3. The van der Waals surface area contributed by atoms with E-state index in [1.807, 2.05) is 11.8 Å². The minimum Gasteiger partial charge on any atom is -0.134 e. The molecule has 0 aliphatic carbocycles. The van der Waals surface area contributed by atoms with E-state index in [9.17, 15) is 0 Å². The fraction of sp³-hybridized carbons (Fsp3) is 0.800. The fourth-order valence-corrected chi connectivity index (χ4v) is 2.61. The highest BCUT2D eigenvalue weighted by Gasteiger charge is 2.21. The van der Waals surface area contributed by atoms with E-state index in [2.05, 4.69) is 32.3 Å². The molecule has 1 heteroatoms. The summed E-state index contributed by atoms with van der Waals surface area (Å²) >= 11 is 1.95. The summed E-state index contributed by atoms with van der Waals surface area (Å²) in [5, 5.41) is 2.27. The van der Waals surface area contributed by atoms with Gasteiger partial charge in [0.25, 0.3) is 0 Å². The Morgan fingerprint density at radius 1 is 1.64 bits per heavy atom. The van der Waals surface area contributed by atoms with Crippen molar-refractivity contribution in [3.8, 4) is 0 Å². The van der Waals surface area contributed by atoms with Crippen molar-refractivity contribution < 1.29 is 0 Å². The van der Waals surface area contributed by atoms with Gasteiger partial charge in [-0.1, -0.05) is 33.3 Å². The number of hydrogen-bond donors (Lipinski definition) is 0. The molecule has 0 nitrogen and oxygen atoms in total. The monoisotopic (exact) mass is 170 g/mol. The molecular weight excluding hydrogens is 152 g/mol. The van der Waals surface area contributed by atoms with Crippen molar-refractivity contribution in [2.75, 3.05) is 5.75 Å². The molecule has 1 aliphatic heterocycles. The van der Waals surface area contributed by atoms with Crippen LogP contribution in [0.1, 0.15) is 27.2 Å². The zero-order valence-electron chi connectivity index (χ0n) is 7.71. The van der Waals surface area contributed by atoms with Crippen molar-refractivity contribution in [1.29, 1.82) is 0 Å². The van der Waals surface area contributed by atoms with E-state index in [0.717, 1.165) is 17.8 Å². The number of allylic oxidation sites excluding steroid dienone is 1. The third kappa shape index (κ3) is 2.26. The molecule has 0 aromatic carbocycles. The van der Waals surface area contributed by atoms with Gasteiger partial charge >= 0.3 is 0 Å². The first-order valence-corrected chi connectivity index (χ1v) is 5.58. The van der Waals surface area contributed by atoms with Crippen LogP contribution in [0.2, 0.25) is 0 Å². The molecule has 0 radical (unpaired) electrons. The van der Waals surface area contributed by atoms with E-state index in [4.69, 9.17) is 0 Å². The van der Waals surface area contributed by atoms with E-state index >= 15 is 0 Å². The Balaban J connectivity index is 2.53. The second-order valence-corrected chi connectivity index (χ2v) is 4.54. The van der Waals surface area contributed by atoms with Crippen LogP contribution in [-0.4, -0.2) is 5.75 Å². The van der Waals surface area contributed by atoms with Crippen LogP contribution >= 0.6 is 11.8 Å². The first kappa shape index (κ1) is 9.18. The van der Waals surface area contributed by atoms with Gasteiger partial charge in [-0.15, -0.1) is 11.8 Å². The molecule has 1 rings (SSSR count). The van der Waals surface area contributed by atoms with E-state index in [1.165, 1.54) is 12.2 Å². The molecule has 0 fully saturated rings. The van der Waals surface area contributed by atoms with Gasteiger partial charge in [0.15, 0.2) is 0 Å². The molecule has 3 unspecified atom stereocenters. The van der Waals surface area contributed by atoms with Gasteiger partial charge in [-0.25, -0.2) is 0 Å². The average molecular weight is 170 g/mol. The lowest BCUT2D eigenvalue weighted by molar-refractivity contribution is 0.328. The molecular formula is C10H18S. The van der Waals surface area contributed by atoms with Crippen molar-refractivity contribution >= 4 is 11.8 Å². The summed E-state index contributed by atoms with van der Waals surface area (Å²) in [4.78, 5) is 0. The maximum absolute atomic E-state index is 2.40. The minimum atomic E-state index is 0.834. The quantitative estimate of drug-likeness (QED) is 0.611. The zero-order chi connectivity index (χ0) is 8.27. The Hall–Kier alpha value is 0.0900. The lowest BCUT2D eigenvalue weighted by Gasteiger charge is -2.28. The smallest absolute Gasteiger partial charge is 0.000540 e. The average Bonchev–Trinajstić information content (AvgIpc) is 2.04. The SMILES string of the molecule is CCC(C)C1C=CSCC1C. The number of rotatable bonds is 2. The van der Waals surface area contributed by atoms with E-state index in [1.54, 1.807) is 0 Å². The van der Waals surface area contributed by atoms with Crippen LogP contribution in [0.4, 0.5) is 0 Å². The number of thioether (sulfide) groups is 1. The van der Waals surface area contributed by atoms with Crippen LogP contribution in [0.5, 0.6) is 0 Å². The molecule has 64 valence electrons. The van der Waals surface area contributed by atoms with Gasteiger partial charge in [-0.2, -0.15) is 0 Å². The summed E-state index contributed by atoms with van der Waals surface area (Å²) in [6, 6.07) is 0. The first-order valence-electron chi connectivity index (χ1n) is 4.54. The molecule has 3 atom stereocenters. The molecule has 11 heavy (non-hydrogen) atoms. The summed E-state index contributed by atoms with van der Waals surface area (Å²) in [6.45, 7) is 7.02. The lowest BCUT2D eigenvalue weighted by atomic mass is 9.83. The summed E-state index contributed by atoms with van der Waals surface area (Å²) < 4.78 is 0. The van der Waals surface area contributed by atoms with E-state index in [-0.39, 0.29) is 0 Å². The lowest BCUT2D eigenvalue weighted by Crippen LogP contribution is -2.20. The van der Waals surface area contributed by atoms with Gasteiger partial charge < -0.3 is 0 Å². The van der Waals surface area contributed by atoms with Crippen LogP contribution in [0, 0.1) is 17.8 Å². The highest BCUT2D eigenvalue weighted by molar-refractivity contribution is 8.02. The normalized spacial score (nSPS) is 33.7. The maximum atomic E-state index is 2.40. The van der Waals surface area contributed by atoms with Gasteiger partial charge in [-0.3, -0.25) is 0 Å². The molecule has 0 aromatic rings. The second kappa shape index (κ2) is 4.20. The highest BCUT2D eigenvalue weighted by atomic mass is 32.2. The minimum absolute atomic E-state index is 0.834. The van der Waals surface area contributed by atoms with Crippen LogP contribution in [0.15, 0.2) is 11.5 Å². The van der Waals surface area contributed by atoms with Gasteiger partial charge in [0.1, 0.15) is 0 Å². The Labute approximate surface area is 74.5 Å². The van der Waals surface area contributed by atoms with Crippen molar-refractivity contribution in [2.45, 2.75) is 27.2 Å². The largest absolute Gasteiger partial charge is 0.134 e. The Morgan fingerprint density at radius 2 is 2.36 bits per heavy atom. The maximum Gasteiger partial charge on any atom is 0.000540 e. The van der Waals surface area contributed by atoms with Crippen molar-refractivity contribution in [3.63, 3.8) is 0 Å². The van der Waals surface area contributed by atoms with Crippen LogP contribution in [-0.2, 0) is 0 Å². The van der Waals surface area contributed by atoms with Crippen LogP contribution < -0.4 is 0 Å². The molecule has 1 heterocycles. The van der Waals surface area contributed by atoms with E-state index in [0.29, 0.717) is 0 Å². The van der Waals surface area contributed by atoms with Gasteiger partial charge in [0.05, 0.1) is 0 Å². The van der Waals surface area contributed by atoms with Gasteiger partial charge in [-0.05, 0) is 23.2 Å². The summed E-state index contributed by atoms with van der Waals surface area (Å²) in [5.41, 5.74) is 0. The van der Waals surface area contributed by atoms with E-state index < -0.39 is 0 Å². The van der Waals surface area contributed by atoms with Crippen molar-refractivity contribution in [1.82, 2.24) is 0 Å². The molecule has 0 bridgehead atoms. The first-order chi connectivity index (χ1) is 5.25. The van der Waals surface area contributed by atoms with Crippen LogP contribution in [0.3, 0.4) is 0 Å². The fourth-order valence-electron chi connectivity index (χ4n) is 1.68. The molecule has 0 saturated carbocycles. The molecule has 0 aromatic heterocycles. The number of hydrogen-bond acceptors (Lipinski definition) is 1. The highest BCUT2D eigenvalue weighted by Crippen LogP contribution is 2.32. The Kier molecular flexibility index (Phi) is 3.50.